The van der Waals surface area contributed by atoms with Gasteiger partial charge < -0.3 is 19.5 Å². The SMILES string of the molecule is COc1ccc(NC(=O)COc2ccc3ccccc3c2)cc1OCc1ccncc1. The van der Waals surface area contributed by atoms with Crippen molar-refractivity contribution in [2.24, 2.45) is 0 Å². The fraction of sp³-hybridized carbons (Fsp3) is 0.120. The number of aromatic nitrogens is 1. The first-order valence-corrected chi connectivity index (χ1v) is 9.82. The molecule has 1 N–H and O–H groups in total. The Kier molecular flexibility index (Phi) is 6.28. The van der Waals surface area contributed by atoms with Crippen molar-refractivity contribution in [3.63, 3.8) is 0 Å². The van der Waals surface area contributed by atoms with Gasteiger partial charge in [-0.25, -0.2) is 0 Å². The van der Waals surface area contributed by atoms with Crippen LogP contribution in [0.2, 0.25) is 0 Å². The molecule has 31 heavy (non-hydrogen) atoms. The maximum atomic E-state index is 12.4. The number of pyridine rings is 1. The summed E-state index contributed by atoms with van der Waals surface area (Å²) in [7, 11) is 1.57. The van der Waals surface area contributed by atoms with E-state index in [9.17, 15) is 4.79 Å². The minimum absolute atomic E-state index is 0.0996. The van der Waals surface area contributed by atoms with Gasteiger partial charge in [0, 0.05) is 24.1 Å². The van der Waals surface area contributed by atoms with Crippen LogP contribution in [0.25, 0.3) is 10.8 Å². The number of hydrogen-bond donors (Lipinski definition) is 1. The van der Waals surface area contributed by atoms with Crippen LogP contribution in [-0.4, -0.2) is 24.6 Å². The average molecular weight is 414 g/mol. The molecule has 6 nitrogen and oxygen atoms in total. The molecule has 156 valence electrons. The van der Waals surface area contributed by atoms with Crippen molar-refractivity contribution in [1.82, 2.24) is 4.98 Å². The van der Waals surface area contributed by atoms with Crippen molar-refractivity contribution >= 4 is 22.4 Å². The van der Waals surface area contributed by atoms with Gasteiger partial charge in [-0.3, -0.25) is 9.78 Å². The molecule has 4 aromatic rings. The summed E-state index contributed by atoms with van der Waals surface area (Å²) in [6, 6.07) is 22.7. The summed E-state index contributed by atoms with van der Waals surface area (Å²) in [5.74, 6) is 1.50. The molecule has 0 fully saturated rings. The highest BCUT2D eigenvalue weighted by Crippen LogP contribution is 2.31. The number of carbonyl (C=O) groups excluding carboxylic acids is 1. The summed E-state index contributed by atoms with van der Waals surface area (Å²) in [4.78, 5) is 16.4. The molecule has 0 saturated heterocycles. The number of carbonyl (C=O) groups is 1. The third-order valence-corrected chi connectivity index (χ3v) is 4.68. The molecule has 1 heterocycles. The Morgan fingerprint density at radius 3 is 2.48 bits per heavy atom. The standard InChI is InChI=1S/C25H22N2O4/c1-29-23-9-7-21(15-24(23)31-16-18-10-12-26-13-11-18)27-25(28)17-30-22-8-6-19-4-2-3-5-20(19)14-22/h2-15H,16-17H2,1H3,(H,27,28). The van der Waals surface area contributed by atoms with Gasteiger partial charge in [-0.2, -0.15) is 0 Å². The predicted molar refractivity (Wildman–Crippen MR) is 120 cm³/mol. The largest absolute Gasteiger partial charge is 0.493 e. The molecule has 0 atom stereocenters. The van der Waals surface area contributed by atoms with Crippen LogP contribution in [0.1, 0.15) is 5.56 Å². The van der Waals surface area contributed by atoms with E-state index in [2.05, 4.69) is 10.3 Å². The van der Waals surface area contributed by atoms with Gasteiger partial charge in [-0.05, 0) is 52.7 Å². The minimum Gasteiger partial charge on any atom is -0.493 e. The van der Waals surface area contributed by atoms with Crippen LogP contribution in [0, 0.1) is 0 Å². The van der Waals surface area contributed by atoms with E-state index < -0.39 is 0 Å². The monoisotopic (exact) mass is 414 g/mol. The second-order valence-corrected chi connectivity index (χ2v) is 6.86. The molecule has 6 heteroatoms. The van der Waals surface area contributed by atoms with Crippen LogP contribution in [-0.2, 0) is 11.4 Å². The molecule has 3 aromatic carbocycles. The van der Waals surface area contributed by atoms with Crippen molar-refractivity contribution in [3.8, 4) is 17.2 Å². The van der Waals surface area contributed by atoms with E-state index >= 15 is 0 Å². The van der Waals surface area contributed by atoms with Crippen LogP contribution >= 0.6 is 0 Å². The lowest BCUT2D eigenvalue weighted by atomic mass is 10.1. The summed E-state index contributed by atoms with van der Waals surface area (Å²) < 4.78 is 16.9. The third kappa shape index (κ3) is 5.30. The molecule has 0 bridgehead atoms. The number of nitrogens with zero attached hydrogens (tertiary/aromatic N) is 1. The van der Waals surface area contributed by atoms with Gasteiger partial charge in [0.1, 0.15) is 12.4 Å². The van der Waals surface area contributed by atoms with Crippen molar-refractivity contribution in [2.75, 3.05) is 19.0 Å². The zero-order valence-corrected chi connectivity index (χ0v) is 17.1. The zero-order chi connectivity index (χ0) is 21.5. The van der Waals surface area contributed by atoms with Crippen molar-refractivity contribution in [1.29, 1.82) is 0 Å². The fourth-order valence-corrected chi connectivity index (χ4v) is 3.11. The lowest BCUT2D eigenvalue weighted by molar-refractivity contribution is -0.118. The second-order valence-electron chi connectivity index (χ2n) is 6.86. The van der Waals surface area contributed by atoms with Gasteiger partial charge in [0.25, 0.3) is 5.91 Å². The molecule has 0 spiro atoms. The Balaban J connectivity index is 1.37. The minimum atomic E-state index is -0.265. The summed E-state index contributed by atoms with van der Waals surface area (Å²) in [6.07, 6.45) is 3.42. The van der Waals surface area contributed by atoms with E-state index in [1.165, 1.54) is 0 Å². The maximum absolute atomic E-state index is 12.4. The Morgan fingerprint density at radius 1 is 0.871 bits per heavy atom. The number of anilines is 1. The molecule has 1 aromatic heterocycles. The van der Waals surface area contributed by atoms with E-state index in [-0.39, 0.29) is 12.5 Å². The maximum Gasteiger partial charge on any atom is 0.262 e. The second kappa shape index (κ2) is 9.63. The van der Waals surface area contributed by atoms with Crippen molar-refractivity contribution in [3.05, 3.63) is 90.8 Å². The third-order valence-electron chi connectivity index (χ3n) is 4.68. The normalized spacial score (nSPS) is 10.5. The Morgan fingerprint density at radius 2 is 1.68 bits per heavy atom. The van der Waals surface area contributed by atoms with Gasteiger partial charge in [-0.1, -0.05) is 30.3 Å². The highest BCUT2D eigenvalue weighted by molar-refractivity contribution is 5.92. The van der Waals surface area contributed by atoms with E-state index in [0.717, 1.165) is 16.3 Å². The molecule has 0 aliphatic rings. The lowest BCUT2D eigenvalue weighted by Crippen LogP contribution is -2.20. The van der Waals surface area contributed by atoms with Gasteiger partial charge >= 0.3 is 0 Å². The summed E-state index contributed by atoms with van der Waals surface area (Å²) in [5, 5.41) is 5.01. The number of hydrogen-bond acceptors (Lipinski definition) is 5. The highest BCUT2D eigenvalue weighted by Gasteiger charge is 2.10. The fourth-order valence-electron chi connectivity index (χ4n) is 3.11. The van der Waals surface area contributed by atoms with Crippen LogP contribution in [0.4, 0.5) is 5.69 Å². The number of rotatable bonds is 8. The molecule has 0 unspecified atom stereocenters. The molecule has 0 saturated carbocycles. The number of nitrogens with one attached hydrogen (secondary N) is 1. The molecular weight excluding hydrogens is 392 g/mol. The highest BCUT2D eigenvalue weighted by atomic mass is 16.5. The zero-order valence-electron chi connectivity index (χ0n) is 17.1. The van der Waals surface area contributed by atoms with Gasteiger partial charge in [0.05, 0.1) is 7.11 Å². The van der Waals surface area contributed by atoms with Gasteiger partial charge in [0.2, 0.25) is 0 Å². The first kappa shape index (κ1) is 20.2. The lowest BCUT2D eigenvalue weighted by Gasteiger charge is -2.13. The molecular formula is C25H22N2O4. The van der Waals surface area contributed by atoms with E-state index in [0.29, 0.717) is 29.5 Å². The Labute approximate surface area is 180 Å². The first-order chi connectivity index (χ1) is 15.2. The van der Waals surface area contributed by atoms with Crippen molar-refractivity contribution in [2.45, 2.75) is 6.61 Å². The summed E-state index contributed by atoms with van der Waals surface area (Å²) in [5.41, 5.74) is 1.58. The van der Waals surface area contributed by atoms with E-state index in [1.54, 1.807) is 37.7 Å². The molecule has 1 amide bonds. The quantitative estimate of drug-likeness (QED) is 0.447. The molecule has 0 radical (unpaired) electrons. The summed E-state index contributed by atoms with van der Waals surface area (Å²) >= 11 is 0. The van der Waals surface area contributed by atoms with Crippen LogP contribution < -0.4 is 19.5 Å². The number of benzene rings is 3. The van der Waals surface area contributed by atoms with E-state index in [1.807, 2.05) is 54.6 Å². The van der Waals surface area contributed by atoms with Gasteiger partial charge in [-0.15, -0.1) is 0 Å². The predicted octanol–water partition coefficient (Wildman–Crippen LogP) is 4.84. The molecule has 0 aliphatic carbocycles. The molecule has 4 rings (SSSR count). The molecule has 0 aliphatic heterocycles. The number of methoxy groups -OCH3 is 1. The van der Waals surface area contributed by atoms with E-state index in [4.69, 9.17) is 14.2 Å². The van der Waals surface area contributed by atoms with Crippen LogP contribution in [0.3, 0.4) is 0 Å². The number of fused-ring (bicyclic) bond motifs is 1. The smallest absolute Gasteiger partial charge is 0.262 e. The Hall–Kier alpha value is -4.06. The van der Waals surface area contributed by atoms with Crippen LogP contribution in [0.15, 0.2) is 85.2 Å². The first-order valence-electron chi connectivity index (χ1n) is 9.82. The van der Waals surface area contributed by atoms with Gasteiger partial charge in [0.15, 0.2) is 18.1 Å². The topological polar surface area (TPSA) is 69.7 Å². The van der Waals surface area contributed by atoms with Crippen molar-refractivity contribution < 1.29 is 19.0 Å². The average Bonchev–Trinajstić information content (AvgIpc) is 2.82. The number of amides is 1. The van der Waals surface area contributed by atoms with Crippen LogP contribution in [0.5, 0.6) is 17.2 Å². The number of ether oxygens (including phenoxy) is 3. The Bertz CT molecular complexity index is 1180. The summed E-state index contributed by atoms with van der Waals surface area (Å²) in [6.45, 7) is 0.263.